The quantitative estimate of drug-likeness (QED) is 0.585. The molecule has 3 rings (SSSR count). The second kappa shape index (κ2) is 4.16. The first-order valence-corrected chi connectivity index (χ1v) is 6.49. The van der Waals surface area contributed by atoms with E-state index in [9.17, 15) is 9.59 Å². The minimum absolute atomic E-state index is 0.181. The molecule has 1 aliphatic heterocycles. The average Bonchev–Trinajstić information content (AvgIpc) is 3.11. The SMILES string of the molecule is COC(=O)C1(Cc2ccc(N)nn2)CC2(CC2)NC1=O. The van der Waals surface area contributed by atoms with Gasteiger partial charge in [-0.2, -0.15) is 5.10 Å². The van der Waals surface area contributed by atoms with E-state index in [1.54, 1.807) is 12.1 Å². The van der Waals surface area contributed by atoms with Gasteiger partial charge in [-0.1, -0.05) is 0 Å². The zero-order chi connectivity index (χ0) is 14.4. The van der Waals surface area contributed by atoms with Crippen LogP contribution in [0.1, 0.15) is 25.0 Å². The summed E-state index contributed by atoms with van der Waals surface area (Å²) in [5.41, 5.74) is 4.63. The molecule has 7 nitrogen and oxygen atoms in total. The van der Waals surface area contributed by atoms with Crippen molar-refractivity contribution < 1.29 is 14.3 Å². The fraction of sp³-hybridized carbons (Fsp3) is 0.538. The standard InChI is InChI=1S/C13H16N4O3/c1-20-11(19)13(6-8-2-3-9(14)17-16-8)7-12(4-5-12)15-10(13)18/h2-3H,4-7H2,1H3,(H2,14,17)(H,15,18). The van der Waals surface area contributed by atoms with Crippen molar-refractivity contribution in [1.29, 1.82) is 0 Å². The zero-order valence-electron chi connectivity index (χ0n) is 11.2. The van der Waals surface area contributed by atoms with Crippen LogP contribution >= 0.6 is 0 Å². The summed E-state index contributed by atoms with van der Waals surface area (Å²) in [6.07, 6.45) is 2.45. The van der Waals surface area contributed by atoms with Gasteiger partial charge < -0.3 is 15.8 Å². The van der Waals surface area contributed by atoms with Gasteiger partial charge in [0, 0.05) is 12.0 Å². The monoisotopic (exact) mass is 276 g/mol. The van der Waals surface area contributed by atoms with E-state index in [-0.39, 0.29) is 17.9 Å². The fourth-order valence-corrected chi connectivity index (χ4v) is 2.86. The van der Waals surface area contributed by atoms with Crippen LogP contribution in [0.25, 0.3) is 0 Å². The number of ether oxygens (including phenoxy) is 1. The number of carbonyl (C=O) groups excluding carboxylic acids is 2. The Kier molecular flexibility index (Phi) is 2.67. The highest BCUT2D eigenvalue weighted by Crippen LogP contribution is 2.51. The van der Waals surface area contributed by atoms with Gasteiger partial charge in [-0.25, -0.2) is 0 Å². The van der Waals surface area contributed by atoms with Crippen molar-refractivity contribution in [3.8, 4) is 0 Å². The summed E-state index contributed by atoms with van der Waals surface area (Å²) in [7, 11) is 1.30. The molecule has 0 aromatic carbocycles. The van der Waals surface area contributed by atoms with Crippen LogP contribution in [-0.4, -0.2) is 34.7 Å². The van der Waals surface area contributed by atoms with Crippen LogP contribution in [0.2, 0.25) is 0 Å². The molecule has 2 fully saturated rings. The maximum Gasteiger partial charge on any atom is 0.321 e. The molecule has 1 aromatic rings. The summed E-state index contributed by atoms with van der Waals surface area (Å²) in [6, 6.07) is 3.28. The molecule has 1 saturated heterocycles. The first kappa shape index (κ1) is 12.8. The van der Waals surface area contributed by atoms with Crippen molar-refractivity contribution in [2.24, 2.45) is 5.41 Å². The summed E-state index contributed by atoms with van der Waals surface area (Å²) >= 11 is 0. The van der Waals surface area contributed by atoms with Crippen molar-refractivity contribution in [3.05, 3.63) is 17.8 Å². The molecule has 2 aliphatic rings. The van der Waals surface area contributed by atoms with Gasteiger partial charge in [0.15, 0.2) is 5.41 Å². The third-order valence-corrected chi connectivity index (χ3v) is 4.11. The zero-order valence-corrected chi connectivity index (χ0v) is 11.2. The van der Waals surface area contributed by atoms with E-state index in [0.29, 0.717) is 17.9 Å². The van der Waals surface area contributed by atoms with Gasteiger partial charge in [0.2, 0.25) is 5.91 Å². The van der Waals surface area contributed by atoms with E-state index in [1.807, 2.05) is 0 Å². The van der Waals surface area contributed by atoms with Crippen molar-refractivity contribution in [2.75, 3.05) is 12.8 Å². The lowest BCUT2D eigenvalue weighted by Crippen LogP contribution is -2.41. The average molecular weight is 276 g/mol. The molecule has 20 heavy (non-hydrogen) atoms. The molecule has 106 valence electrons. The maximum absolute atomic E-state index is 12.3. The van der Waals surface area contributed by atoms with E-state index in [4.69, 9.17) is 10.5 Å². The Morgan fingerprint density at radius 2 is 2.20 bits per heavy atom. The molecule has 1 unspecified atom stereocenters. The maximum atomic E-state index is 12.3. The van der Waals surface area contributed by atoms with Gasteiger partial charge in [0.25, 0.3) is 0 Å². The number of aromatic nitrogens is 2. The van der Waals surface area contributed by atoms with Gasteiger partial charge in [0.1, 0.15) is 5.82 Å². The number of hydrogen-bond acceptors (Lipinski definition) is 6. The van der Waals surface area contributed by atoms with Crippen molar-refractivity contribution in [1.82, 2.24) is 15.5 Å². The lowest BCUT2D eigenvalue weighted by molar-refractivity contribution is -0.156. The predicted molar refractivity (Wildman–Crippen MR) is 69.3 cm³/mol. The fourth-order valence-electron chi connectivity index (χ4n) is 2.86. The summed E-state index contributed by atoms with van der Waals surface area (Å²) in [5, 5.41) is 10.6. The van der Waals surface area contributed by atoms with Crippen molar-refractivity contribution in [2.45, 2.75) is 31.2 Å². The number of anilines is 1. The Bertz CT molecular complexity index is 567. The third-order valence-electron chi connectivity index (χ3n) is 4.11. The first-order chi connectivity index (χ1) is 9.50. The predicted octanol–water partition coefficient (Wildman–Crippen LogP) is -0.187. The Morgan fingerprint density at radius 1 is 1.45 bits per heavy atom. The molecule has 1 amide bonds. The lowest BCUT2D eigenvalue weighted by atomic mass is 9.79. The van der Waals surface area contributed by atoms with E-state index in [2.05, 4.69) is 15.5 Å². The molecule has 0 bridgehead atoms. The van der Waals surface area contributed by atoms with Crippen LogP contribution in [0, 0.1) is 5.41 Å². The smallest absolute Gasteiger partial charge is 0.321 e. The van der Waals surface area contributed by atoms with Gasteiger partial charge in [0.05, 0.1) is 12.8 Å². The van der Waals surface area contributed by atoms with E-state index in [0.717, 1.165) is 12.8 Å². The van der Waals surface area contributed by atoms with Crippen LogP contribution in [0.3, 0.4) is 0 Å². The summed E-state index contributed by atoms with van der Waals surface area (Å²) in [5.74, 6) is -0.492. The van der Waals surface area contributed by atoms with E-state index >= 15 is 0 Å². The number of carbonyl (C=O) groups is 2. The highest BCUT2D eigenvalue weighted by atomic mass is 16.5. The molecular weight excluding hydrogens is 260 g/mol. The number of nitrogen functional groups attached to an aromatic ring is 1. The molecular formula is C13H16N4O3. The van der Waals surface area contributed by atoms with Crippen molar-refractivity contribution >= 4 is 17.7 Å². The molecule has 1 spiro atoms. The number of nitrogens with two attached hydrogens (primary N) is 1. The van der Waals surface area contributed by atoms with E-state index < -0.39 is 11.4 Å². The molecule has 1 aromatic heterocycles. The first-order valence-electron chi connectivity index (χ1n) is 6.49. The van der Waals surface area contributed by atoms with Crippen LogP contribution in [0.4, 0.5) is 5.82 Å². The summed E-state index contributed by atoms with van der Waals surface area (Å²) in [6.45, 7) is 0. The van der Waals surface area contributed by atoms with Crippen molar-refractivity contribution in [3.63, 3.8) is 0 Å². The minimum Gasteiger partial charge on any atom is -0.468 e. The Labute approximate surface area is 115 Å². The number of hydrogen-bond donors (Lipinski definition) is 2. The Balaban J connectivity index is 1.92. The topological polar surface area (TPSA) is 107 Å². The number of amides is 1. The number of nitrogens with one attached hydrogen (secondary N) is 1. The Morgan fingerprint density at radius 3 is 2.70 bits per heavy atom. The molecule has 1 aliphatic carbocycles. The number of nitrogens with zero attached hydrogens (tertiary/aromatic N) is 2. The number of esters is 1. The number of methoxy groups -OCH3 is 1. The second-order valence-corrected chi connectivity index (χ2v) is 5.61. The van der Waals surface area contributed by atoms with Gasteiger partial charge >= 0.3 is 5.97 Å². The van der Waals surface area contributed by atoms with Crippen LogP contribution < -0.4 is 11.1 Å². The van der Waals surface area contributed by atoms with Gasteiger partial charge in [-0.15, -0.1) is 5.10 Å². The highest BCUT2D eigenvalue weighted by Gasteiger charge is 2.63. The summed E-state index contributed by atoms with van der Waals surface area (Å²) in [4.78, 5) is 24.5. The molecule has 2 heterocycles. The minimum atomic E-state index is -1.20. The largest absolute Gasteiger partial charge is 0.468 e. The Hall–Kier alpha value is -2.18. The normalized spacial score (nSPS) is 26.4. The molecule has 0 radical (unpaired) electrons. The molecule has 1 atom stereocenters. The molecule has 3 N–H and O–H groups in total. The van der Waals surface area contributed by atoms with E-state index in [1.165, 1.54) is 7.11 Å². The van der Waals surface area contributed by atoms with Crippen LogP contribution in [0.15, 0.2) is 12.1 Å². The molecule has 1 saturated carbocycles. The van der Waals surface area contributed by atoms with Crippen LogP contribution in [-0.2, 0) is 20.7 Å². The second-order valence-electron chi connectivity index (χ2n) is 5.61. The lowest BCUT2D eigenvalue weighted by Gasteiger charge is -2.22. The van der Waals surface area contributed by atoms with Crippen LogP contribution in [0.5, 0.6) is 0 Å². The molecule has 7 heteroatoms. The third kappa shape index (κ3) is 1.90. The summed E-state index contributed by atoms with van der Waals surface area (Å²) < 4.78 is 4.85. The van der Waals surface area contributed by atoms with Gasteiger partial charge in [-0.3, -0.25) is 9.59 Å². The van der Waals surface area contributed by atoms with Gasteiger partial charge in [-0.05, 0) is 31.4 Å². The number of rotatable bonds is 3. The highest BCUT2D eigenvalue weighted by molar-refractivity contribution is 6.05.